The van der Waals surface area contributed by atoms with Crippen molar-refractivity contribution in [3.8, 4) is 0 Å². The molecule has 1 heterocycles. The highest BCUT2D eigenvalue weighted by molar-refractivity contribution is 6.50. The zero-order valence-corrected chi connectivity index (χ0v) is 11.5. The van der Waals surface area contributed by atoms with Gasteiger partial charge in [-0.05, 0) is 6.42 Å². The second-order valence-electron chi connectivity index (χ2n) is 3.78. The Morgan fingerprint density at radius 2 is 1.62 bits per heavy atom. The molecule has 11 heteroatoms. The summed E-state index contributed by atoms with van der Waals surface area (Å²) in [6.45, 7) is 3.36. The van der Waals surface area contributed by atoms with E-state index in [1.165, 1.54) is 12.8 Å². The summed E-state index contributed by atoms with van der Waals surface area (Å²) in [5.74, 6) is -3.65. The fourth-order valence-corrected chi connectivity index (χ4v) is 0.975. The zero-order valence-electron chi connectivity index (χ0n) is 11.5. The second kappa shape index (κ2) is 10.7. The van der Waals surface area contributed by atoms with Gasteiger partial charge in [0.15, 0.2) is 0 Å². The smallest absolute Gasteiger partial charge is 0.473 e. The number of carboxylic acid groups (broad SMARTS) is 2. The van der Waals surface area contributed by atoms with Crippen LogP contribution in [-0.4, -0.2) is 34.0 Å². The van der Waals surface area contributed by atoms with E-state index in [0.29, 0.717) is 0 Å². The molecule has 1 rings (SSSR count). The highest BCUT2D eigenvalue weighted by Crippen LogP contribution is 2.06. The van der Waals surface area contributed by atoms with Gasteiger partial charge >= 0.3 is 19.2 Å². The number of carboxylic acids is 2. The molecule has 0 aliphatic carbocycles. The van der Waals surface area contributed by atoms with Crippen molar-refractivity contribution in [2.45, 2.75) is 26.3 Å². The number of hydrogen-bond acceptors (Lipinski definition) is 2. The van der Waals surface area contributed by atoms with Gasteiger partial charge in [0.2, 0.25) is 6.33 Å². The van der Waals surface area contributed by atoms with Crippen molar-refractivity contribution in [3.63, 3.8) is 0 Å². The quantitative estimate of drug-likeness (QED) is 0.384. The Bertz CT molecular complexity index is 419. The molecule has 0 aliphatic rings. The predicted octanol–water partition coefficient (Wildman–Crippen LogP) is 1.57. The molecule has 0 saturated carbocycles. The van der Waals surface area contributed by atoms with Crippen LogP contribution in [0.5, 0.6) is 0 Å². The van der Waals surface area contributed by atoms with Crippen LogP contribution in [-0.2, 0) is 23.2 Å². The van der Waals surface area contributed by atoms with Crippen molar-refractivity contribution in [1.82, 2.24) is 4.57 Å². The van der Waals surface area contributed by atoms with E-state index in [9.17, 15) is 17.3 Å². The molecule has 0 spiro atoms. The number of aliphatic carboxylic acids is 2. The van der Waals surface area contributed by atoms with Gasteiger partial charge in [-0.15, -0.1) is 0 Å². The third kappa shape index (κ3) is 20.4. The molecule has 0 atom stereocenters. The average Bonchev–Trinajstić information content (AvgIpc) is 2.71. The molecule has 0 saturated heterocycles. The van der Waals surface area contributed by atoms with Gasteiger partial charge in [-0.1, -0.05) is 13.3 Å². The Morgan fingerprint density at radius 3 is 1.86 bits per heavy atom. The Kier molecular flexibility index (Phi) is 10.8. The van der Waals surface area contributed by atoms with Crippen molar-refractivity contribution in [2.24, 2.45) is 7.05 Å². The third-order valence-corrected chi connectivity index (χ3v) is 1.78. The number of aromatic nitrogens is 2. The van der Waals surface area contributed by atoms with Gasteiger partial charge in [-0.25, -0.2) is 18.7 Å². The summed E-state index contributed by atoms with van der Waals surface area (Å²) in [4.78, 5) is 18.2. The lowest BCUT2D eigenvalue weighted by Gasteiger charge is -1.94. The maximum absolute atomic E-state index is 9.75. The molecule has 0 bridgehead atoms. The number of aryl methyl sites for hydroxylation is 2. The highest BCUT2D eigenvalue weighted by Gasteiger charge is 2.20. The average molecular weight is 316 g/mol. The van der Waals surface area contributed by atoms with Crippen LogP contribution in [0.25, 0.3) is 0 Å². The summed E-state index contributed by atoms with van der Waals surface area (Å²) in [6.07, 6.45) is 8.82. The Morgan fingerprint density at radius 1 is 1.19 bits per heavy atom. The fraction of sp³-hybridized carbons (Fsp3) is 0.500. The van der Waals surface area contributed by atoms with E-state index < -0.39 is 19.2 Å². The van der Waals surface area contributed by atoms with Gasteiger partial charge in [-0.3, -0.25) is 0 Å². The first-order chi connectivity index (χ1) is 9.47. The van der Waals surface area contributed by atoms with Crippen molar-refractivity contribution in [2.75, 3.05) is 0 Å². The fourth-order valence-electron chi connectivity index (χ4n) is 0.975. The number of carbonyl (C=O) groups is 2. The van der Waals surface area contributed by atoms with E-state index in [1.54, 1.807) is 0 Å². The molecule has 0 radical (unpaired) electrons. The molecule has 2 N–H and O–H groups in total. The maximum atomic E-state index is 9.75. The molecule has 122 valence electrons. The third-order valence-electron chi connectivity index (χ3n) is 1.78. The molecular formula is C10H17BF4N2O4. The van der Waals surface area contributed by atoms with E-state index in [4.69, 9.17) is 19.8 Å². The Hall–Kier alpha value is -2.07. The summed E-state index contributed by atoms with van der Waals surface area (Å²) < 4.78 is 43.3. The van der Waals surface area contributed by atoms with Gasteiger partial charge in [0.25, 0.3) is 0 Å². The first kappa shape index (κ1) is 21.2. The lowest BCUT2D eigenvalue weighted by atomic mass is 10.3. The minimum atomic E-state index is -6.00. The second-order valence-corrected chi connectivity index (χ2v) is 3.78. The van der Waals surface area contributed by atoms with E-state index in [1.807, 2.05) is 7.05 Å². The number of unbranched alkanes of at least 4 members (excludes halogenated alkanes) is 1. The number of nitrogens with zero attached hydrogens (tertiary/aromatic N) is 2. The van der Waals surface area contributed by atoms with Gasteiger partial charge in [0.1, 0.15) is 12.4 Å². The van der Waals surface area contributed by atoms with Gasteiger partial charge in [0.05, 0.1) is 13.6 Å². The minimum absolute atomic E-state index is 1.15. The number of imidazole rings is 1. The van der Waals surface area contributed by atoms with Crippen LogP contribution >= 0.6 is 0 Å². The zero-order chi connectivity index (χ0) is 17.1. The van der Waals surface area contributed by atoms with Crippen LogP contribution in [0.2, 0.25) is 0 Å². The number of hydrogen-bond donors (Lipinski definition) is 2. The van der Waals surface area contributed by atoms with Crippen LogP contribution in [0.1, 0.15) is 19.8 Å². The van der Waals surface area contributed by atoms with Crippen LogP contribution in [0.3, 0.4) is 0 Å². The summed E-state index contributed by atoms with van der Waals surface area (Å²) in [6, 6.07) is 0. The van der Waals surface area contributed by atoms with E-state index >= 15 is 0 Å². The summed E-state index contributed by atoms with van der Waals surface area (Å²) in [5.41, 5.74) is 0. The first-order valence-corrected chi connectivity index (χ1v) is 5.82. The lowest BCUT2D eigenvalue weighted by Crippen LogP contribution is -2.30. The molecule has 0 aromatic carbocycles. The van der Waals surface area contributed by atoms with Crippen LogP contribution in [0.4, 0.5) is 17.3 Å². The standard InChI is InChI=1S/C8H15N2.C2H2O4.BF4/c1-3-4-5-10-7-6-9(2)8-10;3-1(4)2(5)6;2-1(3,4)5/h6-8H,3-5H2,1-2H3;(H,3,4)(H,5,6);/q+1;;-1. The van der Waals surface area contributed by atoms with E-state index in [2.05, 4.69) is 34.8 Å². The summed E-state index contributed by atoms with van der Waals surface area (Å²) >= 11 is 0. The molecule has 0 fully saturated rings. The molecule has 1 aromatic rings. The summed E-state index contributed by atoms with van der Waals surface area (Å²) in [5, 5.41) is 14.8. The summed E-state index contributed by atoms with van der Waals surface area (Å²) in [7, 11) is -3.96. The largest absolute Gasteiger partial charge is 0.673 e. The Balaban J connectivity index is 0. The van der Waals surface area contributed by atoms with Gasteiger partial charge in [0, 0.05) is 0 Å². The van der Waals surface area contributed by atoms with E-state index in [0.717, 1.165) is 6.54 Å². The maximum Gasteiger partial charge on any atom is 0.673 e. The molecule has 21 heavy (non-hydrogen) atoms. The molecule has 0 unspecified atom stereocenters. The monoisotopic (exact) mass is 316 g/mol. The Labute approximate surface area is 118 Å². The van der Waals surface area contributed by atoms with E-state index in [-0.39, 0.29) is 0 Å². The molecule has 6 nitrogen and oxygen atoms in total. The van der Waals surface area contributed by atoms with Crippen molar-refractivity contribution < 1.29 is 41.6 Å². The van der Waals surface area contributed by atoms with Crippen LogP contribution in [0.15, 0.2) is 18.7 Å². The van der Waals surface area contributed by atoms with Gasteiger partial charge in [-0.2, -0.15) is 0 Å². The molecule has 1 aromatic heterocycles. The first-order valence-electron chi connectivity index (χ1n) is 5.82. The minimum Gasteiger partial charge on any atom is -0.473 e. The van der Waals surface area contributed by atoms with Crippen LogP contribution < -0.4 is 4.57 Å². The van der Waals surface area contributed by atoms with Crippen molar-refractivity contribution in [1.29, 1.82) is 0 Å². The highest BCUT2D eigenvalue weighted by atomic mass is 19.5. The number of halogens is 4. The predicted molar refractivity (Wildman–Crippen MR) is 66.0 cm³/mol. The van der Waals surface area contributed by atoms with Gasteiger partial charge < -0.3 is 27.5 Å². The SMILES string of the molecule is CCCC[n+]1ccn(C)c1.F[B-](F)(F)F.O=C(O)C(=O)O. The van der Waals surface area contributed by atoms with Crippen molar-refractivity contribution >= 4 is 19.2 Å². The lowest BCUT2D eigenvalue weighted by molar-refractivity contribution is -0.696. The molecular weight excluding hydrogens is 299 g/mol. The topological polar surface area (TPSA) is 83.4 Å². The normalized spacial score (nSPS) is 9.81. The number of rotatable bonds is 3. The van der Waals surface area contributed by atoms with Crippen LogP contribution in [0, 0.1) is 0 Å². The van der Waals surface area contributed by atoms with Crippen molar-refractivity contribution in [3.05, 3.63) is 18.7 Å². The molecule has 0 amide bonds. The molecule has 0 aliphatic heterocycles.